The van der Waals surface area contributed by atoms with Crippen LogP contribution in [-0.4, -0.2) is 19.2 Å². The van der Waals surface area contributed by atoms with Gasteiger partial charge in [-0.1, -0.05) is 115 Å². The first-order valence-electron chi connectivity index (χ1n) is 14.8. The van der Waals surface area contributed by atoms with Crippen LogP contribution in [-0.2, 0) is 4.74 Å². The Kier molecular flexibility index (Phi) is 16.5. The molecule has 1 atom stereocenters. The second-order valence-electron chi connectivity index (χ2n) is 10.1. The monoisotopic (exact) mass is 510 g/mol. The lowest BCUT2D eigenvalue weighted by Gasteiger charge is -2.14. The Morgan fingerprint density at radius 3 is 1.76 bits per heavy atom. The first kappa shape index (κ1) is 30.9. The lowest BCUT2D eigenvalue weighted by atomic mass is 10.0. The van der Waals surface area contributed by atoms with Gasteiger partial charge < -0.3 is 14.2 Å². The van der Waals surface area contributed by atoms with Gasteiger partial charge in [-0.15, -0.1) is 0 Å². The Hall–Kier alpha value is -2.33. The lowest BCUT2D eigenvalue weighted by Crippen LogP contribution is -2.10. The summed E-state index contributed by atoms with van der Waals surface area (Å²) in [5, 5.41) is 0. The van der Waals surface area contributed by atoms with E-state index < -0.39 is 0 Å². The zero-order valence-corrected chi connectivity index (χ0v) is 23.6. The molecule has 0 aliphatic rings. The highest BCUT2D eigenvalue weighted by atomic mass is 16.6. The number of unbranched alkanes of at least 4 members (excludes halogenated alkanes) is 12. The minimum absolute atomic E-state index is 0.00394. The van der Waals surface area contributed by atoms with Crippen molar-refractivity contribution in [2.75, 3.05) is 13.2 Å². The fourth-order valence-electron chi connectivity index (χ4n) is 4.40. The first-order valence-corrected chi connectivity index (χ1v) is 14.8. The number of esters is 1. The third-order valence-electron chi connectivity index (χ3n) is 6.75. The summed E-state index contributed by atoms with van der Waals surface area (Å²) >= 11 is 0. The minimum Gasteiger partial charge on any atom is -0.490 e. The van der Waals surface area contributed by atoms with Crippen molar-refractivity contribution in [2.45, 2.75) is 117 Å². The number of benzene rings is 2. The summed E-state index contributed by atoms with van der Waals surface area (Å²) in [7, 11) is 0. The second kappa shape index (κ2) is 19.7. The molecule has 0 amide bonds. The number of ether oxygens (including phenoxy) is 3. The molecule has 0 saturated heterocycles. The second-order valence-corrected chi connectivity index (χ2v) is 10.1. The molecule has 2 rings (SSSR count). The molecule has 4 nitrogen and oxygen atoms in total. The van der Waals surface area contributed by atoms with Crippen molar-refractivity contribution in [1.29, 1.82) is 0 Å². The van der Waals surface area contributed by atoms with Gasteiger partial charge in [0.2, 0.25) is 0 Å². The third kappa shape index (κ3) is 13.2. The predicted octanol–water partition coefficient (Wildman–Crippen LogP) is 9.86. The van der Waals surface area contributed by atoms with Crippen molar-refractivity contribution in [3.63, 3.8) is 0 Å². The molecular weight excluding hydrogens is 460 g/mol. The zero-order chi connectivity index (χ0) is 26.6. The highest BCUT2D eigenvalue weighted by Crippen LogP contribution is 2.28. The Morgan fingerprint density at radius 1 is 0.649 bits per heavy atom. The van der Waals surface area contributed by atoms with E-state index in [9.17, 15) is 4.79 Å². The molecular formula is C33H50O4. The number of hydrogen-bond donors (Lipinski definition) is 0. The van der Waals surface area contributed by atoms with Crippen molar-refractivity contribution in [1.82, 2.24) is 0 Å². The summed E-state index contributed by atoms with van der Waals surface area (Å²) in [6, 6.07) is 14.8. The molecule has 0 aromatic heterocycles. The van der Waals surface area contributed by atoms with Crippen LogP contribution in [0.2, 0.25) is 0 Å². The molecule has 0 radical (unpaired) electrons. The van der Waals surface area contributed by atoms with Gasteiger partial charge in [0.25, 0.3) is 0 Å². The average Bonchev–Trinajstić information content (AvgIpc) is 2.92. The van der Waals surface area contributed by atoms with E-state index in [1.54, 1.807) is 18.2 Å². The normalized spacial score (nSPS) is 11.9. The van der Waals surface area contributed by atoms with E-state index in [2.05, 4.69) is 13.8 Å². The molecule has 2 aromatic rings. The Bertz CT molecular complexity index is 846. The Morgan fingerprint density at radius 2 is 1.19 bits per heavy atom. The van der Waals surface area contributed by atoms with Crippen molar-refractivity contribution >= 4 is 5.97 Å². The van der Waals surface area contributed by atoms with Crippen molar-refractivity contribution < 1.29 is 19.0 Å². The van der Waals surface area contributed by atoms with Crippen molar-refractivity contribution in [3.05, 3.63) is 59.7 Å². The van der Waals surface area contributed by atoms with Crippen LogP contribution >= 0.6 is 0 Å². The number of hydrogen-bond acceptors (Lipinski definition) is 4. The van der Waals surface area contributed by atoms with Crippen LogP contribution in [0.5, 0.6) is 11.5 Å². The summed E-state index contributed by atoms with van der Waals surface area (Å²) in [6.45, 7) is 7.74. The quantitative estimate of drug-likeness (QED) is 0.0952. The maximum atomic E-state index is 12.7. The lowest BCUT2D eigenvalue weighted by molar-refractivity contribution is 0.0660. The minimum atomic E-state index is -0.384. The van der Waals surface area contributed by atoms with Crippen molar-refractivity contribution in [2.24, 2.45) is 0 Å². The molecule has 0 heterocycles. The molecule has 0 aliphatic carbocycles. The van der Waals surface area contributed by atoms with E-state index in [4.69, 9.17) is 14.2 Å². The van der Waals surface area contributed by atoms with Gasteiger partial charge in [0, 0.05) is 6.61 Å². The molecule has 2 aromatic carbocycles. The molecule has 0 spiro atoms. The molecule has 0 fully saturated rings. The van der Waals surface area contributed by atoms with Gasteiger partial charge in [0.05, 0.1) is 18.3 Å². The first-order chi connectivity index (χ1) is 18.2. The molecule has 0 aliphatic heterocycles. The van der Waals surface area contributed by atoms with Gasteiger partial charge in [0.15, 0.2) is 11.5 Å². The number of carbonyl (C=O) groups is 1. The van der Waals surface area contributed by atoms with Crippen LogP contribution in [0.4, 0.5) is 0 Å². The predicted molar refractivity (Wildman–Crippen MR) is 154 cm³/mol. The van der Waals surface area contributed by atoms with Crippen molar-refractivity contribution in [3.8, 4) is 11.5 Å². The van der Waals surface area contributed by atoms with E-state index in [0.717, 1.165) is 25.0 Å². The molecule has 37 heavy (non-hydrogen) atoms. The molecule has 0 N–H and O–H groups in total. The van der Waals surface area contributed by atoms with E-state index in [1.165, 1.54) is 77.0 Å². The molecule has 4 heteroatoms. The largest absolute Gasteiger partial charge is 0.490 e. The maximum absolute atomic E-state index is 12.7. The molecule has 0 bridgehead atoms. The standard InChI is InChI=1S/C33H50O4/c1-4-6-7-8-9-10-11-12-13-14-15-16-19-27-36-31-20-17-18-21-32(31)37-33(34)30-24-22-29(23-25-30)28(3)35-26-5-2/h17-18,20-25,28H,4-16,19,26-27H2,1-3H3. The van der Waals surface area contributed by atoms with Gasteiger partial charge in [-0.25, -0.2) is 4.79 Å². The number of para-hydroxylation sites is 2. The van der Waals surface area contributed by atoms with Gasteiger partial charge in [-0.3, -0.25) is 0 Å². The Labute approximate surface area is 226 Å². The molecule has 0 saturated carbocycles. The highest BCUT2D eigenvalue weighted by molar-refractivity contribution is 5.91. The van der Waals surface area contributed by atoms with E-state index >= 15 is 0 Å². The van der Waals surface area contributed by atoms with Crippen LogP contribution < -0.4 is 9.47 Å². The SMILES string of the molecule is CCCCCCCCCCCCCCCOc1ccccc1OC(=O)c1ccc(C(C)OCCC)cc1. The van der Waals surface area contributed by atoms with Crippen LogP contribution in [0.15, 0.2) is 48.5 Å². The van der Waals surface area contributed by atoms with E-state index in [0.29, 0.717) is 23.7 Å². The van der Waals surface area contributed by atoms with Crippen LogP contribution in [0.25, 0.3) is 0 Å². The van der Waals surface area contributed by atoms with Crippen LogP contribution in [0, 0.1) is 0 Å². The maximum Gasteiger partial charge on any atom is 0.343 e. The van der Waals surface area contributed by atoms with E-state index in [1.807, 2.05) is 37.3 Å². The van der Waals surface area contributed by atoms with Gasteiger partial charge >= 0.3 is 5.97 Å². The molecule has 206 valence electrons. The average molecular weight is 511 g/mol. The van der Waals surface area contributed by atoms with Gasteiger partial charge in [-0.2, -0.15) is 0 Å². The van der Waals surface area contributed by atoms with Crippen LogP contribution in [0.1, 0.15) is 133 Å². The van der Waals surface area contributed by atoms with E-state index in [-0.39, 0.29) is 12.1 Å². The smallest absolute Gasteiger partial charge is 0.343 e. The summed E-state index contributed by atoms with van der Waals surface area (Å²) in [6.07, 6.45) is 18.2. The third-order valence-corrected chi connectivity index (χ3v) is 6.75. The van der Waals surface area contributed by atoms with Crippen LogP contribution in [0.3, 0.4) is 0 Å². The summed E-state index contributed by atoms with van der Waals surface area (Å²) < 4.78 is 17.4. The highest BCUT2D eigenvalue weighted by Gasteiger charge is 2.13. The fourth-order valence-corrected chi connectivity index (χ4v) is 4.40. The number of rotatable bonds is 21. The Balaban J connectivity index is 1.63. The fraction of sp³-hybridized carbons (Fsp3) is 0.606. The van der Waals surface area contributed by atoms with Gasteiger partial charge in [0.1, 0.15) is 0 Å². The summed E-state index contributed by atoms with van der Waals surface area (Å²) in [5.41, 5.74) is 1.56. The topological polar surface area (TPSA) is 44.8 Å². The summed E-state index contributed by atoms with van der Waals surface area (Å²) in [5.74, 6) is 0.699. The number of carbonyl (C=O) groups excluding carboxylic acids is 1. The summed E-state index contributed by atoms with van der Waals surface area (Å²) in [4.78, 5) is 12.7. The molecule has 1 unspecified atom stereocenters. The zero-order valence-electron chi connectivity index (χ0n) is 23.6. The van der Waals surface area contributed by atoms with Gasteiger partial charge in [-0.05, 0) is 49.6 Å².